The predicted octanol–water partition coefficient (Wildman–Crippen LogP) is 4.57. The van der Waals surface area contributed by atoms with E-state index < -0.39 is 0 Å². The molecule has 0 aliphatic carbocycles. The molecule has 1 unspecified atom stereocenters. The maximum atomic E-state index is 6.19. The van der Waals surface area contributed by atoms with Crippen LogP contribution in [0.3, 0.4) is 0 Å². The summed E-state index contributed by atoms with van der Waals surface area (Å²) in [5, 5.41) is 0. The molecule has 2 heteroatoms. The number of hydrogen-bond acceptors (Lipinski definition) is 2. The highest BCUT2D eigenvalue weighted by Crippen LogP contribution is 2.38. The zero-order chi connectivity index (χ0) is 16.4. The van der Waals surface area contributed by atoms with Crippen molar-refractivity contribution in [3.05, 3.63) is 28.8 Å². The van der Waals surface area contributed by atoms with Gasteiger partial charge >= 0.3 is 0 Å². The molecule has 0 bridgehead atoms. The molecule has 21 heavy (non-hydrogen) atoms. The summed E-state index contributed by atoms with van der Waals surface area (Å²) in [5.41, 5.74) is 10.2. The maximum absolute atomic E-state index is 6.19. The van der Waals surface area contributed by atoms with Crippen LogP contribution in [-0.4, -0.2) is 13.2 Å². The smallest absolute Gasteiger partial charge is 0.125 e. The Balaban J connectivity index is 3.52. The summed E-state index contributed by atoms with van der Waals surface area (Å²) in [6.07, 6.45) is 1.85. The number of methoxy groups -OCH3 is 1. The summed E-state index contributed by atoms with van der Waals surface area (Å²) in [7, 11) is 1.77. The van der Waals surface area contributed by atoms with Crippen LogP contribution in [0.1, 0.15) is 71.6 Å². The Morgan fingerprint density at radius 2 is 1.62 bits per heavy atom. The van der Waals surface area contributed by atoms with Crippen molar-refractivity contribution in [2.75, 3.05) is 7.11 Å². The summed E-state index contributed by atoms with van der Waals surface area (Å²) in [4.78, 5) is 0. The van der Waals surface area contributed by atoms with Gasteiger partial charge in [0.15, 0.2) is 0 Å². The van der Waals surface area contributed by atoms with Gasteiger partial charge < -0.3 is 10.5 Å². The highest BCUT2D eigenvalue weighted by molar-refractivity contribution is 5.50. The lowest BCUT2D eigenvalue weighted by Gasteiger charge is -2.29. The van der Waals surface area contributed by atoms with Gasteiger partial charge in [-0.05, 0) is 34.8 Å². The summed E-state index contributed by atoms with van der Waals surface area (Å²) in [6, 6.07) is 4.77. The Labute approximate surface area is 131 Å². The van der Waals surface area contributed by atoms with E-state index in [0.717, 1.165) is 18.6 Å². The summed E-state index contributed by atoms with van der Waals surface area (Å²) < 4.78 is 5.76. The molecular formula is C19H33NO. The molecule has 2 N–H and O–H groups in total. The normalized spacial score (nSPS) is 14.1. The van der Waals surface area contributed by atoms with Crippen molar-refractivity contribution in [1.29, 1.82) is 0 Å². The summed E-state index contributed by atoms with van der Waals surface area (Å²) in [5.74, 6) is 1.01. The van der Waals surface area contributed by atoms with Crippen molar-refractivity contribution >= 4 is 0 Å². The van der Waals surface area contributed by atoms with Gasteiger partial charge in [-0.3, -0.25) is 0 Å². The number of hydrogen-bond donors (Lipinski definition) is 1. The van der Waals surface area contributed by atoms with E-state index in [1.54, 1.807) is 7.11 Å². The Hall–Kier alpha value is -1.02. The van der Waals surface area contributed by atoms with Crippen molar-refractivity contribution in [3.8, 4) is 5.75 Å². The minimum atomic E-state index is 0.0532. The average Bonchev–Trinajstić information content (AvgIpc) is 2.35. The molecule has 0 aromatic heterocycles. The molecule has 120 valence electrons. The molecule has 0 saturated heterocycles. The van der Waals surface area contributed by atoms with E-state index >= 15 is 0 Å². The predicted molar refractivity (Wildman–Crippen MR) is 92.4 cm³/mol. The van der Waals surface area contributed by atoms with Gasteiger partial charge in [-0.15, -0.1) is 0 Å². The van der Waals surface area contributed by atoms with E-state index in [9.17, 15) is 0 Å². The minimum Gasteiger partial charge on any atom is -0.496 e. The molecule has 0 aliphatic heterocycles. The highest BCUT2D eigenvalue weighted by atomic mass is 16.5. The zero-order valence-electron chi connectivity index (χ0n) is 15.1. The zero-order valence-corrected chi connectivity index (χ0v) is 15.1. The van der Waals surface area contributed by atoms with Crippen LogP contribution in [0.25, 0.3) is 0 Å². The third kappa shape index (κ3) is 4.47. The molecule has 1 atom stereocenters. The van der Waals surface area contributed by atoms with E-state index in [-0.39, 0.29) is 16.9 Å². The molecular weight excluding hydrogens is 258 g/mol. The molecule has 0 aliphatic rings. The van der Waals surface area contributed by atoms with Gasteiger partial charge in [0.1, 0.15) is 5.75 Å². The van der Waals surface area contributed by atoms with Crippen molar-refractivity contribution in [2.24, 2.45) is 5.73 Å². The molecule has 0 fully saturated rings. The van der Waals surface area contributed by atoms with E-state index in [4.69, 9.17) is 10.5 Å². The Morgan fingerprint density at radius 1 is 1.05 bits per heavy atom. The molecule has 0 amide bonds. The van der Waals surface area contributed by atoms with Crippen LogP contribution < -0.4 is 10.5 Å². The molecule has 1 rings (SSSR count). The van der Waals surface area contributed by atoms with Gasteiger partial charge in [0, 0.05) is 11.6 Å². The lowest BCUT2D eigenvalue weighted by atomic mass is 9.78. The Kier molecular flexibility index (Phi) is 5.49. The second-order valence-electron chi connectivity index (χ2n) is 8.09. The fourth-order valence-electron chi connectivity index (χ4n) is 2.50. The van der Waals surface area contributed by atoms with Gasteiger partial charge in [0.2, 0.25) is 0 Å². The van der Waals surface area contributed by atoms with Crippen molar-refractivity contribution < 1.29 is 4.74 Å². The number of nitrogens with two attached hydrogens (primary N) is 1. The van der Waals surface area contributed by atoms with E-state index in [1.165, 1.54) is 16.7 Å². The van der Waals surface area contributed by atoms with Crippen LogP contribution in [0.2, 0.25) is 0 Å². The highest BCUT2D eigenvalue weighted by Gasteiger charge is 2.26. The van der Waals surface area contributed by atoms with Crippen molar-refractivity contribution in [2.45, 2.75) is 78.2 Å². The monoisotopic (exact) mass is 291 g/mol. The van der Waals surface area contributed by atoms with Crippen LogP contribution in [0.4, 0.5) is 0 Å². The van der Waals surface area contributed by atoms with Crippen molar-refractivity contribution in [3.63, 3.8) is 0 Å². The largest absolute Gasteiger partial charge is 0.496 e. The first kappa shape index (κ1) is 18.0. The average molecular weight is 291 g/mol. The van der Waals surface area contributed by atoms with Gasteiger partial charge in [-0.2, -0.15) is 0 Å². The number of benzene rings is 1. The topological polar surface area (TPSA) is 35.2 Å². The third-order valence-corrected chi connectivity index (χ3v) is 4.05. The van der Waals surface area contributed by atoms with E-state index in [0.29, 0.717) is 0 Å². The fraction of sp³-hybridized carbons (Fsp3) is 0.684. The number of rotatable bonds is 4. The quantitative estimate of drug-likeness (QED) is 0.882. The molecule has 0 heterocycles. The molecule has 0 saturated carbocycles. The van der Waals surface area contributed by atoms with E-state index in [2.05, 4.69) is 60.6 Å². The van der Waals surface area contributed by atoms with Crippen LogP contribution >= 0.6 is 0 Å². The van der Waals surface area contributed by atoms with Gasteiger partial charge in [0.05, 0.1) is 7.11 Å². The van der Waals surface area contributed by atoms with Gasteiger partial charge in [0.25, 0.3) is 0 Å². The number of ether oxygens (including phenoxy) is 1. The third-order valence-electron chi connectivity index (χ3n) is 4.05. The Bertz CT molecular complexity index is 478. The molecule has 1 aromatic carbocycles. The van der Waals surface area contributed by atoms with Gasteiger partial charge in [-0.1, -0.05) is 60.6 Å². The summed E-state index contributed by atoms with van der Waals surface area (Å²) in [6.45, 7) is 15.6. The molecule has 0 radical (unpaired) electrons. The lowest BCUT2D eigenvalue weighted by molar-refractivity contribution is 0.389. The van der Waals surface area contributed by atoms with Crippen LogP contribution in [0, 0.1) is 0 Å². The first-order valence-corrected chi connectivity index (χ1v) is 7.98. The van der Waals surface area contributed by atoms with E-state index in [1.807, 2.05) is 0 Å². The molecule has 2 nitrogen and oxygen atoms in total. The van der Waals surface area contributed by atoms with Gasteiger partial charge in [-0.25, -0.2) is 0 Å². The first-order chi connectivity index (χ1) is 9.50. The van der Waals surface area contributed by atoms with Crippen LogP contribution in [-0.2, 0) is 17.3 Å². The molecule has 1 aromatic rings. The SMILES string of the molecule is CCC(N)Cc1cc(C(C)(C)C)cc(C(C)(C)C)c1OC. The lowest BCUT2D eigenvalue weighted by Crippen LogP contribution is -2.24. The van der Waals surface area contributed by atoms with Crippen LogP contribution in [0.15, 0.2) is 12.1 Å². The standard InChI is InChI=1S/C19H33NO/c1-9-15(20)11-13-10-14(18(2,3)4)12-16(17(13)21-8)19(5,6)7/h10,12,15H,9,11,20H2,1-8H3. The second kappa shape index (κ2) is 6.39. The maximum Gasteiger partial charge on any atom is 0.125 e. The molecule has 0 spiro atoms. The summed E-state index contributed by atoms with van der Waals surface area (Å²) >= 11 is 0. The van der Waals surface area contributed by atoms with Crippen molar-refractivity contribution in [1.82, 2.24) is 0 Å². The fourth-order valence-corrected chi connectivity index (χ4v) is 2.50. The van der Waals surface area contributed by atoms with Crippen LogP contribution in [0.5, 0.6) is 5.75 Å². The minimum absolute atomic E-state index is 0.0532. The first-order valence-electron chi connectivity index (χ1n) is 7.98. The second-order valence-corrected chi connectivity index (χ2v) is 8.09. The Morgan fingerprint density at radius 3 is 2.00 bits per heavy atom.